The molecule has 5 heteroatoms. The number of hydrogen-bond donors (Lipinski definition) is 1. The number of nitrogens with zero attached hydrogens (tertiary/aromatic N) is 2. The highest BCUT2D eigenvalue weighted by atomic mass is 16.5. The summed E-state index contributed by atoms with van der Waals surface area (Å²) in [7, 11) is 3.60. The Balaban J connectivity index is 2.07. The van der Waals surface area contributed by atoms with Gasteiger partial charge in [0.25, 0.3) is 0 Å². The van der Waals surface area contributed by atoms with Crippen molar-refractivity contribution in [3.05, 3.63) is 41.2 Å². The van der Waals surface area contributed by atoms with Gasteiger partial charge >= 0.3 is 0 Å². The second-order valence-electron chi connectivity index (χ2n) is 4.94. The first kappa shape index (κ1) is 15.4. The molecule has 0 aliphatic carbocycles. The maximum Gasteiger partial charge on any atom is 0.124 e. The average Bonchev–Trinajstić information content (AvgIpc) is 2.81. The van der Waals surface area contributed by atoms with Crippen LogP contribution in [0.5, 0.6) is 5.75 Å². The number of methoxy groups -OCH3 is 1. The van der Waals surface area contributed by atoms with Crippen LogP contribution in [0.15, 0.2) is 24.4 Å². The molecule has 21 heavy (non-hydrogen) atoms. The third-order valence-corrected chi connectivity index (χ3v) is 3.30. The molecule has 0 unspecified atom stereocenters. The molecule has 1 N–H and O–H groups in total. The van der Waals surface area contributed by atoms with Crippen LogP contribution >= 0.6 is 0 Å². The molecule has 0 saturated carbocycles. The quantitative estimate of drug-likeness (QED) is 0.851. The minimum Gasteiger partial charge on any atom is -0.496 e. The summed E-state index contributed by atoms with van der Waals surface area (Å²) in [5.41, 5.74) is 4.32. The van der Waals surface area contributed by atoms with Gasteiger partial charge in [-0.25, -0.2) is 0 Å². The second kappa shape index (κ2) is 7.13. The molecular weight excluding hydrogens is 266 g/mol. The fourth-order valence-corrected chi connectivity index (χ4v) is 2.24. The van der Waals surface area contributed by atoms with Crippen LogP contribution in [0.25, 0.3) is 0 Å². The first-order valence-electron chi connectivity index (χ1n) is 7.11. The smallest absolute Gasteiger partial charge is 0.124 e. The van der Waals surface area contributed by atoms with Crippen LogP contribution in [-0.4, -0.2) is 23.5 Å². The van der Waals surface area contributed by atoms with Crippen molar-refractivity contribution in [2.45, 2.75) is 27.0 Å². The standard InChI is InChI=1S/C16H23N3O2/c1-5-21-11-14-8-13(6-7-16(14)20-4)9-17-15-10-19(3)18-12(15)2/h6-8,10,17H,5,9,11H2,1-4H3. The summed E-state index contributed by atoms with van der Waals surface area (Å²) in [5.74, 6) is 0.866. The molecule has 0 amide bonds. The summed E-state index contributed by atoms with van der Waals surface area (Å²) in [5, 5.41) is 7.73. The lowest BCUT2D eigenvalue weighted by Gasteiger charge is -2.11. The maximum absolute atomic E-state index is 5.49. The molecule has 0 aliphatic rings. The van der Waals surface area contributed by atoms with Gasteiger partial charge in [-0.3, -0.25) is 4.68 Å². The fraction of sp³-hybridized carbons (Fsp3) is 0.438. The number of nitrogens with one attached hydrogen (secondary N) is 1. The topological polar surface area (TPSA) is 48.3 Å². The van der Waals surface area contributed by atoms with E-state index in [9.17, 15) is 0 Å². The first-order chi connectivity index (χ1) is 10.1. The number of rotatable bonds is 7. The minimum absolute atomic E-state index is 0.569. The molecule has 0 saturated heterocycles. The Morgan fingerprint density at radius 2 is 2.14 bits per heavy atom. The van der Waals surface area contributed by atoms with Crippen molar-refractivity contribution in [2.24, 2.45) is 7.05 Å². The lowest BCUT2D eigenvalue weighted by Crippen LogP contribution is -2.02. The molecule has 0 bridgehead atoms. The van der Waals surface area contributed by atoms with Crippen LogP contribution in [0.3, 0.4) is 0 Å². The average molecular weight is 289 g/mol. The second-order valence-corrected chi connectivity index (χ2v) is 4.94. The van der Waals surface area contributed by atoms with Gasteiger partial charge in [-0.05, 0) is 31.5 Å². The van der Waals surface area contributed by atoms with Gasteiger partial charge in [0.05, 0.1) is 25.1 Å². The molecule has 2 aromatic rings. The van der Waals surface area contributed by atoms with Crippen LogP contribution < -0.4 is 10.1 Å². The molecule has 0 radical (unpaired) electrons. The van der Waals surface area contributed by atoms with Crippen molar-refractivity contribution in [1.82, 2.24) is 9.78 Å². The van der Waals surface area contributed by atoms with Crippen LogP contribution in [0.2, 0.25) is 0 Å². The highest BCUT2D eigenvalue weighted by Crippen LogP contribution is 2.22. The van der Waals surface area contributed by atoms with E-state index in [4.69, 9.17) is 9.47 Å². The van der Waals surface area contributed by atoms with Gasteiger partial charge in [-0.1, -0.05) is 6.07 Å². The van der Waals surface area contributed by atoms with E-state index >= 15 is 0 Å². The SMILES string of the molecule is CCOCc1cc(CNc2cn(C)nc2C)ccc1OC. The number of aryl methyl sites for hydroxylation is 2. The zero-order valence-electron chi connectivity index (χ0n) is 13.1. The van der Waals surface area contributed by atoms with Gasteiger partial charge in [-0.2, -0.15) is 5.10 Å². The van der Waals surface area contributed by atoms with Crippen molar-refractivity contribution >= 4 is 5.69 Å². The van der Waals surface area contributed by atoms with Crippen molar-refractivity contribution in [2.75, 3.05) is 19.0 Å². The van der Waals surface area contributed by atoms with Crippen molar-refractivity contribution < 1.29 is 9.47 Å². The van der Waals surface area contributed by atoms with Gasteiger partial charge in [0.15, 0.2) is 0 Å². The van der Waals surface area contributed by atoms with Gasteiger partial charge in [0.2, 0.25) is 0 Å². The van der Waals surface area contributed by atoms with Crippen LogP contribution in [0, 0.1) is 6.92 Å². The van der Waals surface area contributed by atoms with Gasteiger partial charge in [0, 0.05) is 32.0 Å². The van der Waals surface area contributed by atoms with Gasteiger partial charge in [0.1, 0.15) is 5.75 Å². The third kappa shape index (κ3) is 3.98. The number of aromatic nitrogens is 2. The van der Waals surface area contributed by atoms with E-state index in [0.29, 0.717) is 13.2 Å². The number of benzene rings is 1. The Labute approximate surface area is 125 Å². The highest BCUT2D eigenvalue weighted by Gasteiger charge is 2.06. The fourth-order valence-electron chi connectivity index (χ4n) is 2.24. The molecular formula is C16H23N3O2. The Hall–Kier alpha value is -2.01. The zero-order chi connectivity index (χ0) is 15.2. The Morgan fingerprint density at radius 3 is 2.76 bits per heavy atom. The van der Waals surface area contributed by atoms with Crippen LogP contribution in [0.4, 0.5) is 5.69 Å². The van der Waals surface area contributed by atoms with E-state index in [0.717, 1.165) is 29.2 Å². The predicted molar refractivity (Wildman–Crippen MR) is 83.6 cm³/mol. The molecule has 0 atom stereocenters. The molecule has 114 valence electrons. The molecule has 5 nitrogen and oxygen atoms in total. The van der Waals surface area contributed by atoms with E-state index in [1.165, 1.54) is 5.56 Å². The summed E-state index contributed by atoms with van der Waals surface area (Å²) in [6, 6.07) is 6.17. The molecule has 0 fully saturated rings. The molecule has 1 aromatic heterocycles. The van der Waals surface area contributed by atoms with Gasteiger partial charge < -0.3 is 14.8 Å². The number of anilines is 1. The lowest BCUT2D eigenvalue weighted by atomic mass is 10.1. The van der Waals surface area contributed by atoms with Crippen LogP contribution in [0.1, 0.15) is 23.7 Å². The number of hydrogen-bond acceptors (Lipinski definition) is 4. The van der Waals surface area contributed by atoms with E-state index in [2.05, 4.69) is 22.5 Å². The van der Waals surface area contributed by atoms with E-state index < -0.39 is 0 Å². The largest absolute Gasteiger partial charge is 0.496 e. The summed E-state index contributed by atoms with van der Waals surface area (Å²) in [4.78, 5) is 0. The van der Waals surface area contributed by atoms with Crippen molar-refractivity contribution in [3.8, 4) is 5.75 Å². The number of ether oxygens (including phenoxy) is 2. The summed E-state index contributed by atoms with van der Waals surface area (Å²) in [6.07, 6.45) is 1.99. The molecule has 2 rings (SSSR count). The minimum atomic E-state index is 0.569. The summed E-state index contributed by atoms with van der Waals surface area (Å²) in [6.45, 7) is 6.00. The summed E-state index contributed by atoms with van der Waals surface area (Å²) >= 11 is 0. The molecule has 1 heterocycles. The Morgan fingerprint density at radius 1 is 1.33 bits per heavy atom. The lowest BCUT2D eigenvalue weighted by molar-refractivity contribution is 0.132. The maximum atomic E-state index is 5.49. The monoisotopic (exact) mass is 289 g/mol. The van der Waals surface area contributed by atoms with E-state index in [1.807, 2.05) is 37.8 Å². The third-order valence-electron chi connectivity index (χ3n) is 3.30. The predicted octanol–water partition coefficient (Wildman–Crippen LogP) is 2.89. The zero-order valence-corrected chi connectivity index (χ0v) is 13.1. The normalized spacial score (nSPS) is 10.7. The van der Waals surface area contributed by atoms with Crippen molar-refractivity contribution in [1.29, 1.82) is 0 Å². The van der Waals surface area contributed by atoms with E-state index in [1.54, 1.807) is 7.11 Å². The molecule has 1 aromatic carbocycles. The van der Waals surface area contributed by atoms with Gasteiger partial charge in [-0.15, -0.1) is 0 Å². The summed E-state index contributed by atoms with van der Waals surface area (Å²) < 4.78 is 12.7. The van der Waals surface area contributed by atoms with E-state index in [-0.39, 0.29) is 0 Å². The Bertz CT molecular complexity index is 593. The first-order valence-corrected chi connectivity index (χ1v) is 7.11. The molecule has 0 aliphatic heterocycles. The highest BCUT2D eigenvalue weighted by molar-refractivity contribution is 5.46. The van der Waals surface area contributed by atoms with Crippen molar-refractivity contribution in [3.63, 3.8) is 0 Å². The molecule has 0 spiro atoms. The Kier molecular flexibility index (Phi) is 5.22. The van der Waals surface area contributed by atoms with Crippen LogP contribution in [-0.2, 0) is 24.9 Å².